The van der Waals surface area contributed by atoms with Crippen molar-refractivity contribution in [3.8, 4) is 5.75 Å². The molecule has 2 aromatic carbocycles. The number of aryl methyl sites for hydroxylation is 1. The van der Waals surface area contributed by atoms with Crippen molar-refractivity contribution in [3.63, 3.8) is 0 Å². The number of ether oxygens (including phenoxy) is 1. The third-order valence-electron chi connectivity index (χ3n) is 4.21. The van der Waals surface area contributed by atoms with Crippen LogP contribution in [-0.4, -0.2) is 21.9 Å². The highest BCUT2D eigenvalue weighted by molar-refractivity contribution is 7.98. The molecule has 1 aromatic heterocycles. The van der Waals surface area contributed by atoms with Gasteiger partial charge in [0.05, 0.1) is 7.11 Å². The Morgan fingerprint density at radius 2 is 1.85 bits per heavy atom. The summed E-state index contributed by atoms with van der Waals surface area (Å²) in [6.45, 7) is 2.07. The van der Waals surface area contributed by atoms with Crippen molar-refractivity contribution in [2.24, 2.45) is 7.05 Å². The zero-order valence-electron chi connectivity index (χ0n) is 15.6. The maximum absolute atomic E-state index is 12.7. The van der Waals surface area contributed by atoms with E-state index < -0.39 is 0 Å². The Hall–Kier alpha value is -2.80. The van der Waals surface area contributed by atoms with Gasteiger partial charge in [0.2, 0.25) is 5.82 Å². The summed E-state index contributed by atoms with van der Waals surface area (Å²) in [6.07, 6.45) is 0.868. The summed E-state index contributed by atoms with van der Waals surface area (Å²) in [5, 5.41) is 12.0. The number of para-hydroxylation sites is 1. The molecule has 0 saturated heterocycles. The minimum Gasteiger partial charge on any atom is -0.497 e. The minimum atomic E-state index is -0.201. The van der Waals surface area contributed by atoms with Crippen LogP contribution in [0.4, 0.5) is 11.5 Å². The van der Waals surface area contributed by atoms with Crippen molar-refractivity contribution in [2.75, 3.05) is 12.4 Å². The van der Waals surface area contributed by atoms with Gasteiger partial charge in [-0.2, -0.15) is 0 Å². The number of nitrogens with zero attached hydrogens (tertiary/aromatic N) is 3. The van der Waals surface area contributed by atoms with Crippen LogP contribution in [0.5, 0.6) is 5.75 Å². The van der Waals surface area contributed by atoms with Gasteiger partial charge >= 0.3 is 0 Å². The second-order valence-electron chi connectivity index (χ2n) is 5.97. The van der Waals surface area contributed by atoms with Gasteiger partial charge in [0.15, 0.2) is 5.16 Å². The van der Waals surface area contributed by atoms with Crippen LogP contribution in [0.2, 0.25) is 0 Å². The van der Waals surface area contributed by atoms with Gasteiger partial charge in [-0.05, 0) is 35.7 Å². The van der Waals surface area contributed by atoms with Crippen LogP contribution in [0.25, 0.3) is 0 Å². The highest BCUT2D eigenvalue weighted by Gasteiger charge is 2.11. The van der Waals surface area contributed by atoms with Crippen LogP contribution in [-0.2, 0) is 19.2 Å². The van der Waals surface area contributed by atoms with Crippen LogP contribution in [0.15, 0.2) is 58.5 Å². The Morgan fingerprint density at radius 1 is 1.11 bits per heavy atom. The molecule has 0 bridgehead atoms. The molecule has 0 radical (unpaired) electrons. The summed E-state index contributed by atoms with van der Waals surface area (Å²) in [4.78, 5) is 12.7. The first-order valence-electron chi connectivity index (χ1n) is 8.66. The monoisotopic (exact) mass is 382 g/mol. The Kier molecular flexibility index (Phi) is 6.13. The predicted molar refractivity (Wildman–Crippen MR) is 109 cm³/mol. The summed E-state index contributed by atoms with van der Waals surface area (Å²) in [5.41, 5.74) is 2.92. The van der Waals surface area contributed by atoms with E-state index in [4.69, 9.17) is 4.74 Å². The first kappa shape index (κ1) is 19.0. The molecule has 6 nitrogen and oxygen atoms in total. The first-order valence-corrected chi connectivity index (χ1v) is 9.65. The van der Waals surface area contributed by atoms with Gasteiger partial charge < -0.3 is 10.1 Å². The number of hydrogen-bond donors (Lipinski definition) is 1. The zero-order chi connectivity index (χ0) is 19.2. The summed E-state index contributed by atoms with van der Waals surface area (Å²) < 4.78 is 6.69. The molecule has 0 spiro atoms. The summed E-state index contributed by atoms with van der Waals surface area (Å²) in [6, 6.07) is 15.7. The largest absolute Gasteiger partial charge is 0.497 e. The molecule has 0 fully saturated rings. The lowest BCUT2D eigenvalue weighted by atomic mass is 10.1. The summed E-state index contributed by atoms with van der Waals surface area (Å²) in [5.74, 6) is 1.74. The lowest BCUT2D eigenvalue weighted by molar-refractivity contribution is 0.414. The molecule has 1 N–H and O–H groups in total. The molecule has 3 rings (SSSR count). The van der Waals surface area contributed by atoms with Gasteiger partial charge in [-0.1, -0.05) is 49.0 Å². The fourth-order valence-electron chi connectivity index (χ4n) is 2.60. The lowest BCUT2D eigenvalue weighted by Gasteiger charge is -2.11. The van der Waals surface area contributed by atoms with Gasteiger partial charge in [-0.15, -0.1) is 10.2 Å². The van der Waals surface area contributed by atoms with Gasteiger partial charge in [0, 0.05) is 18.5 Å². The van der Waals surface area contributed by atoms with Crippen LogP contribution in [0.1, 0.15) is 18.1 Å². The summed E-state index contributed by atoms with van der Waals surface area (Å²) in [7, 11) is 3.36. The van der Waals surface area contributed by atoms with E-state index in [1.807, 2.05) is 48.5 Å². The first-order chi connectivity index (χ1) is 13.1. The van der Waals surface area contributed by atoms with Crippen LogP contribution in [0, 0.1) is 0 Å². The zero-order valence-corrected chi connectivity index (χ0v) is 16.4. The Balaban J connectivity index is 1.75. The quantitative estimate of drug-likeness (QED) is 0.627. The number of rotatable bonds is 7. The molecule has 0 aliphatic rings. The number of aromatic nitrogens is 3. The van der Waals surface area contributed by atoms with Gasteiger partial charge in [0.25, 0.3) is 5.56 Å². The van der Waals surface area contributed by atoms with Crippen LogP contribution >= 0.6 is 11.8 Å². The fourth-order valence-corrected chi connectivity index (χ4v) is 3.46. The molecule has 0 amide bonds. The molecule has 7 heteroatoms. The molecular formula is C20H22N4O2S. The average Bonchev–Trinajstić information content (AvgIpc) is 2.71. The Morgan fingerprint density at radius 3 is 2.56 bits per heavy atom. The lowest BCUT2D eigenvalue weighted by Crippen LogP contribution is -2.24. The second kappa shape index (κ2) is 8.73. The van der Waals surface area contributed by atoms with Crippen molar-refractivity contribution in [1.29, 1.82) is 0 Å². The molecular weight excluding hydrogens is 360 g/mol. The normalized spacial score (nSPS) is 10.6. The highest BCUT2D eigenvalue weighted by atomic mass is 32.2. The van der Waals surface area contributed by atoms with Gasteiger partial charge in [0.1, 0.15) is 5.75 Å². The van der Waals surface area contributed by atoms with E-state index in [2.05, 4.69) is 22.4 Å². The maximum Gasteiger partial charge on any atom is 0.297 e. The number of benzene rings is 2. The van der Waals surface area contributed by atoms with Crippen molar-refractivity contribution in [2.45, 2.75) is 24.3 Å². The Bertz CT molecular complexity index is 970. The van der Waals surface area contributed by atoms with E-state index >= 15 is 0 Å². The smallest absolute Gasteiger partial charge is 0.297 e. The summed E-state index contributed by atoms with van der Waals surface area (Å²) >= 11 is 1.47. The third-order valence-corrected chi connectivity index (χ3v) is 5.30. The SMILES string of the molecule is CCc1ccccc1Nc1nnc(SCc2ccc(OC)cc2)n(C)c1=O. The molecule has 0 unspecified atom stereocenters. The molecule has 3 aromatic rings. The molecule has 0 aliphatic heterocycles. The standard InChI is InChI=1S/C20H22N4O2S/c1-4-15-7-5-6-8-17(15)21-18-19(25)24(2)20(23-22-18)27-13-14-9-11-16(26-3)12-10-14/h5-12H,4,13H2,1-3H3,(H,21,22). The Labute approximate surface area is 162 Å². The molecule has 0 atom stereocenters. The minimum absolute atomic E-state index is 0.201. The average molecular weight is 382 g/mol. The second-order valence-corrected chi connectivity index (χ2v) is 6.91. The van der Waals surface area contributed by atoms with Gasteiger partial charge in [-0.25, -0.2) is 0 Å². The molecule has 1 heterocycles. The van der Waals surface area contributed by atoms with E-state index in [9.17, 15) is 4.79 Å². The third kappa shape index (κ3) is 4.49. The van der Waals surface area contributed by atoms with E-state index in [1.54, 1.807) is 14.2 Å². The van der Waals surface area contributed by atoms with E-state index in [0.717, 1.165) is 29.0 Å². The number of nitrogens with one attached hydrogen (secondary N) is 1. The number of methoxy groups -OCH3 is 1. The van der Waals surface area contributed by atoms with E-state index in [1.165, 1.54) is 16.3 Å². The molecule has 27 heavy (non-hydrogen) atoms. The van der Waals surface area contributed by atoms with Gasteiger partial charge in [-0.3, -0.25) is 9.36 Å². The van der Waals surface area contributed by atoms with Crippen molar-refractivity contribution >= 4 is 23.3 Å². The van der Waals surface area contributed by atoms with E-state index in [0.29, 0.717) is 10.9 Å². The highest BCUT2D eigenvalue weighted by Crippen LogP contribution is 2.22. The van der Waals surface area contributed by atoms with Crippen LogP contribution < -0.4 is 15.6 Å². The molecule has 0 aliphatic carbocycles. The van der Waals surface area contributed by atoms with Crippen molar-refractivity contribution < 1.29 is 4.74 Å². The fraction of sp³-hybridized carbons (Fsp3) is 0.250. The number of hydrogen-bond acceptors (Lipinski definition) is 6. The predicted octanol–water partition coefficient (Wildman–Crippen LogP) is 3.78. The van der Waals surface area contributed by atoms with Crippen LogP contribution in [0.3, 0.4) is 0 Å². The topological polar surface area (TPSA) is 69.0 Å². The number of thioether (sulfide) groups is 1. The number of anilines is 2. The van der Waals surface area contributed by atoms with Crippen molar-refractivity contribution in [1.82, 2.24) is 14.8 Å². The van der Waals surface area contributed by atoms with Crippen molar-refractivity contribution in [3.05, 3.63) is 70.0 Å². The van der Waals surface area contributed by atoms with E-state index in [-0.39, 0.29) is 11.4 Å². The molecule has 0 saturated carbocycles. The maximum atomic E-state index is 12.7. The molecule has 140 valence electrons.